The van der Waals surface area contributed by atoms with Crippen molar-refractivity contribution >= 4 is 17.5 Å². The second-order valence-corrected chi connectivity index (χ2v) is 6.01. The van der Waals surface area contributed by atoms with Crippen molar-refractivity contribution in [3.05, 3.63) is 29.3 Å². The molecule has 0 aromatic heterocycles. The van der Waals surface area contributed by atoms with E-state index in [0.717, 1.165) is 5.56 Å². The zero-order chi connectivity index (χ0) is 15.8. The van der Waals surface area contributed by atoms with Gasteiger partial charge in [0.15, 0.2) is 5.78 Å². The summed E-state index contributed by atoms with van der Waals surface area (Å²) >= 11 is 0. The monoisotopic (exact) mass is 290 g/mol. The standard InChI is InChI=1S/C16H18O5/c1-16(2,3)21-15(19)14(18)12-8-9-7-10(20-4)5-6-11(9)13(12)17/h5-7,12H,8H2,1-4H3. The van der Waals surface area contributed by atoms with Gasteiger partial charge >= 0.3 is 5.97 Å². The van der Waals surface area contributed by atoms with Crippen LogP contribution in [0.5, 0.6) is 5.75 Å². The fourth-order valence-corrected chi connectivity index (χ4v) is 2.29. The van der Waals surface area contributed by atoms with E-state index < -0.39 is 23.3 Å². The van der Waals surface area contributed by atoms with Crippen molar-refractivity contribution in [1.29, 1.82) is 0 Å². The van der Waals surface area contributed by atoms with Gasteiger partial charge in [0.2, 0.25) is 0 Å². The predicted octanol–water partition coefficient (Wildman–Crippen LogP) is 1.96. The van der Waals surface area contributed by atoms with Crippen molar-refractivity contribution in [3.63, 3.8) is 0 Å². The van der Waals surface area contributed by atoms with E-state index in [2.05, 4.69) is 0 Å². The smallest absolute Gasteiger partial charge is 0.375 e. The van der Waals surface area contributed by atoms with Gasteiger partial charge in [0.05, 0.1) is 13.0 Å². The Morgan fingerprint density at radius 2 is 1.90 bits per heavy atom. The summed E-state index contributed by atoms with van der Waals surface area (Å²) < 4.78 is 10.1. The Morgan fingerprint density at radius 1 is 1.24 bits per heavy atom. The van der Waals surface area contributed by atoms with Crippen LogP contribution >= 0.6 is 0 Å². The summed E-state index contributed by atoms with van der Waals surface area (Å²) in [5.74, 6) is -2.44. The minimum absolute atomic E-state index is 0.212. The number of Topliss-reactive ketones (excluding diaryl/α,β-unsaturated/α-hetero) is 2. The molecule has 5 heteroatoms. The zero-order valence-electron chi connectivity index (χ0n) is 12.6. The topological polar surface area (TPSA) is 69.7 Å². The summed E-state index contributed by atoms with van der Waals surface area (Å²) in [6.45, 7) is 5.02. The molecular formula is C16H18O5. The minimum atomic E-state index is -0.984. The number of hydrogen-bond acceptors (Lipinski definition) is 5. The Bertz CT molecular complexity index is 610. The van der Waals surface area contributed by atoms with Gasteiger partial charge in [-0.3, -0.25) is 9.59 Å². The maximum atomic E-state index is 12.2. The summed E-state index contributed by atoms with van der Waals surface area (Å²) in [7, 11) is 1.53. The van der Waals surface area contributed by atoms with E-state index in [9.17, 15) is 14.4 Å². The molecule has 0 amide bonds. The number of carbonyl (C=O) groups is 3. The highest BCUT2D eigenvalue weighted by atomic mass is 16.6. The lowest BCUT2D eigenvalue weighted by Crippen LogP contribution is -2.34. The van der Waals surface area contributed by atoms with E-state index in [0.29, 0.717) is 11.3 Å². The van der Waals surface area contributed by atoms with Crippen molar-refractivity contribution in [2.75, 3.05) is 7.11 Å². The molecule has 1 aromatic carbocycles. The van der Waals surface area contributed by atoms with Crippen LogP contribution < -0.4 is 4.74 Å². The molecule has 5 nitrogen and oxygen atoms in total. The molecule has 0 spiro atoms. The van der Waals surface area contributed by atoms with E-state index in [1.54, 1.807) is 39.0 Å². The maximum absolute atomic E-state index is 12.2. The fraction of sp³-hybridized carbons (Fsp3) is 0.438. The molecule has 112 valence electrons. The maximum Gasteiger partial charge on any atom is 0.375 e. The molecule has 1 aliphatic carbocycles. The molecule has 1 aromatic rings. The summed E-state index contributed by atoms with van der Waals surface area (Å²) in [5, 5.41) is 0. The number of ketones is 2. The van der Waals surface area contributed by atoms with Crippen molar-refractivity contribution < 1.29 is 23.9 Å². The van der Waals surface area contributed by atoms with Crippen LogP contribution in [0, 0.1) is 5.92 Å². The lowest BCUT2D eigenvalue weighted by Gasteiger charge is -2.19. The predicted molar refractivity (Wildman–Crippen MR) is 75.4 cm³/mol. The minimum Gasteiger partial charge on any atom is -0.497 e. The van der Waals surface area contributed by atoms with Crippen LogP contribution in [0.15, 0.2) is 18.2 Å². The molecule has 0 heterocycles. The van der Waals surface area contributed by atoms with Gasteiger partial charge in [0.1, 0.15) is 11.4 Å². The molecule has 0 saturated heterocycles. The molecule has 0 saturated carbocycles. The molecule has 1 atom stereocenters. The Balaban J connectivity index is 2.19. The molecule has 1 aliphatic rings. The van der Waals surface area contributed by atoms with Crippen LogP contribution in [0.4, 0.5) is 0 Å². The highest BCUT2D eigenvalue weighted by Gasteiger charge is 2.40. The van der Waals surface area contributed by atoms with Crippen LogP contribution in [0.3, 0.4) is 0 Å². The Kier molecular flexibility index (Phi) is 3.85. The molecule has 1 unspecified atom stereocenters. The zero-order valence-corrected chi connectivity index (χ0v) is 12.6. The Hall–Kier alpha value is -2.17. The molecule has 0 aliphatic heterocycles. The molecule has 0 radical (unpaired) electrons. The van der Waals surface area contributed by atoms with Gasteiger partial charge in [-0.05, 0) is 51.0 Å². The summed E-state index contributed by atoms with van der Waals surface area (Å²) in [4.78, 5) is 36.2. The van der Waals surface area contributed by atoms with Gasteiger partial charge in [-0.15, -0.1) is 0 Å². The molecule has 0 fully saturated rings. The number of rotatable bonds is 3. The number of methoxy groups -OCH3 is 1. The van der Waals surface area contributed by atoms with Gasteiger partial charge in [-0.25, -0.2) is 4.79 Å². The number of carbonyl (C=O) groups excluding carboxylic acids is 3. The third-order valence-corrected chi connectivity index (χ3v) is 3.23. The number of benzene rings is 1. The third kappa shape index (κ3) is 3.12. The van der Waals surface area contributed by atoms with Crippen LogP contribution in [0.2, 0.25) is 0 Å². The van der Waals surface area contributed by atoms with Gasteiger partial charge < -0.3 is 9.47 Å². The number of esters is 1. The molecule has 0 N–H and O–H groups in total. The molecular weight excluding hydrogens is 272 g/mol. The number of ether oxygens (including phenoxy) is 2. The molecule has 21 heavy (non-hydrogen) atoms. The van der Waals surface area contributed by atoms with Crippen molar-refractivity contribution in [1.82, 2.24) is 0 Å². The highest BCUT2D eigenvalue weighted by molar-refractivity contribution is 6.40. The van der Waals surface area contributed by atoms with Gasteiger partial charge in [-0.2, -0.15) is 0 Å². The lowest BCUT2D eigenvalue weighted by molar-refractivity contribution is -0.163. The molecule has 0 bridgehead atoms. The second-order valence-electron chi connectivity index (χ2n) is 6.01. The third-order valence-electron chi connectivity index (χ3n) is 3.23. The first-order valence-electron chi connectivity index (χ1n) is 6.71. The van der Waals surface area contributed by atoms with E-state index in [1.165, 1.54) is 7.11 Å². The first-order valence-corrected chi connectivity index (χ1v) is 6.71. The van der Waals surface area contributed by atoms with Crippen LogP contribution in [-0.4, -0.2) is 30.2 Å². The Labute approximate surface area is 123 Å². The van der Waals surface area contributed by atoms with E-state index in [1.807, 2.05) is 0 Å². The first kappa shape index (κ1) is 15.2. The number of hydrogen-bond donors (Lipinski definition) is 0. The average Bonchev–Trinajstić information content (AvgIpc) is 2.72. The van der Waals surface area contributed by atoms with Crippen LogP contribution in [0.1, 0.15) is 36.7 Å². The van der Waals surface area contributed by atoms with Crippen LogP contribution in [-0.2, 0) is 20.7 Å². The molecule has 2 rings (SSSR count). The average molecular weight is 290 g/mol. The lowest BCUT2D eigenvalue weighted by atomic mass is 9.99. The normalized spacial score (nSPS) is 17.3. The Morgan fingerprint density at radius 3 is 2.48 bits per heavy atom. The summed E-state index contributed by atoms with van der Waals surface area (Å²) in [5.41, 5.74) is 0.434. The van der Waals surface area contributed by atoms with E-state index >= 15 is 0 Å². The van der Waals surface area contributed by atoms with Crippen LogP contribution in [0.25, 0.3) is 0 Å². The van der Waals surface area contributed by atoms with Crippen molar-refractivity contribution in [3.8, 4) is 5.75 Å². The summed E-state index contributed by atoms with van der Waals surface area (Å²) in [6.07, 6.45) is 0.212. The summed E-state index contributed by atoms with van der Waals surface area (Å²) in [6, 6.07) is 5.01. The van der Waals surface area contributed by atoms with E-state index in [-0.39, 0.29) is 12.2 Å². The van der Waals surface area contributed by atoms with Crippen molar-refractivity contribution in [2.45, 2.75) is 32.8 Å². The second kappa shape index (κ2) is 5.31. The quantitative estimate of drug-likeness (QED) is 0.483. The van der Waals surface area contributed by atoms with Gasteiger partial charge in [0, 0.05) is 5.56 Å². The van der Waals surface area contributed by atoms with E-state index in [4.69, 9.17) is 9.47 Å². The van der Waals surface area contributed by atoms with Gasteiger partial charge in [0.25, 0.3) is 5.78 Å². The fourth-order valence-electron chi connectivity index (χ4n) is 2.29. The number of fused-ring (bicyclic) bond motifs is 1. The highest BCUT2D eigenvalue weighted by Crippen LogP contribution is 2.30. The first-order chi connectivity index (χ1) is 9.73. The largest absolute Gasteiger partial charge is 0.497 e. The van der Waals surface area contributed by atoms with Gasteiger partial charge in [-0.1, -0.05) is 0 Å². The van der Waals surface area contributed by atoms with Crippen molar-refractivity contribution in [2.24, 2.45) is 5.92 Å². The SMILES string of the molecule is COc1ccc2c(c1)CC(C(=O)C(=O)OC(C)(C)C)C2=O.